The van der Waals surface area contributed by atoms with Crippen LogP contribution in [0.3, 0.4) is 0 Å². The molecule has 0 saturated carbocycles. The van der Waals surface area contributed by atoms with E-state index in [9.17, 15) is 5.11 Å². The average molecular weight is 164 g/mol. The Hall–Kier alpha value is 0.250. The number of unbranched alkanes of at least 4 members (excludes halogenated alkanes) is 5. The molecular weight excluding hydrogens is 148 g/mol. The van der Waals surface area contributed by atoms with E-state index in [0.29, 0.717) is 0 Å². The van der Waals surface area contributed by atoms with Crippen molar-refractivity contribution in [3.63, 3.8) is 0 Å². The van der Waals surface area contributed by atoms with Gasteiger partial charge in [0.2, 0.25) is 0 Å². The van der Waals surface area contributed by atoms with Crippen molar-refractivity contribution in [1.29, 1.82) is 0 Å². The maximum Gasteiger partial charge on any atom is 0.0822 e. The summed E-state index contributed by atoms with van der Waals surface area (Å²) in [7, 11) is 0. The molecule has 0 aromatic carbocycles. The van der Waals surface area contributed by atoms with Gasteiger partial charge in [-0.15, -0.1) is 11.6 Å². The third-order valence-corrected chi connectivity index (χ3v) is 1.80. The molecule has 0 aromatic heterocycles. The molecule has 1 radical (unpaired) electrons. The first kappa shape index (κ1) is 10.2. The fourth-order valence-corrected chi connectivity index (χ4v) is 1.09. The SMILES string of the molecule is [O]CCCCCCCCCl. The molecular formula is C8H16ClO. The van der Waals surface area contributed by atoms with Gasteiger partial charge in [0.25, 0.3) is 0 Å². The quantitative estimate of drug-likeness (QED) is 0.406. The van der Waals surface area contributed by atoms with E-state index in [0.717, 1.165) is 25.1 Å². The van der Waals surface area contributed by atoms with Gasteiger partial charge in [-0.25, -0.2) is 5.11 Å². The van der Waals surface area contributed by atoms with E-state index in [2.05, 4.69) is 0 Å². The molecule has 0 spiro atoms. The van der Waals surface area contributed by atoms with Gasteiger partial charge in [0.1, 0.15) is 0 Å². The lowest BCUT2D eigenvalue weighted by Gasteiger charge is -1.96. The van der Waals surface area contributed by atoms with Crippen molar-refractivity contribution in [2.75, 3.05) is 12.5 Å². The summed E-state index contributed by atoms with van der Waals surface area (Å²) in [5.74, 6) is 0.779. The average Bonchev–Trinajstić information content (AvgIpc) is 1.97. The van der Waals surface area contributed by atoms with Crippen molar-refractivity contribution in [2.24, 2.45) is 0 Å². The Kier molecular flexibility index (Phi) is 9.48. The number of hydrogen-bond acceptors (Lipinski definition) is 0. The molecule has 10 heavy (non-hydrogen) atoms. The third kappa shape index (κ3) is 8.25. The normalized spacial score (nSPS) is 10.2. The zero-order chi connectivity index (χ0) is 7.66. The number of hydrogen-bond donors (Lipinski definition) is 0. The van der Waals surface area contributed by atoms with E-state index >= 15 is 0 Å². The molecule has 0 N–H and O–H groups in total. The second-order valence-electron chi connectivity index (χ2n) is 2.51. The fraction of sp³-hybridized carbons (Fsp3) is 1.00. The Morgan fingerprint density at radius 2 is 1.30 bits per heavy atom. The van der Waals surface area contributed by atoms with Gasteiger partial charge in [-0.1, -0.05) is 25.7 Å². The van der Waals surface area contributed by atoms with Gasteiger partial charge < -0.3 is 0 Å². The molecule has 0 atom stereocenters. The van der Waals surface area contributed by atoms with Crippen LogP contribution in [0.15, 0.2) is 0 Å². The lowest BCUT2D eigenvalue weighted by atomic mass is 10.1. The van der Waals surface area contributed by atoms with Crippen LogP contribution in [0, 0.1) is 0 Å². The molecule has 0 rings (SSSR count). The van der Waals surface area contributed by atoms with Gasteiger partial charge in [0.15, 0.2) is 0 Å². The van der Waals surface area contributed by atoms with Gasteiger partial charge in [-0.3, -0.25) is 0 Å². The van der Waals surface area contributed by atoms with E-state index < -0.39 is 0 Å². The zero-order valence-corrected chi connectivity index (χ0v) is 7.20. The summed E-state index contributed by atoms with van der Waals surface area (Å²) in [5.41, 5.74) is 0. The summed E-state index contributed by atoms with van der Waals surface area (Å²) in [6, 6.07) is 0. The third-order valence-electron chi connectivity index (χ3n) is 1.53. The molecule has 2 heteroatoms. The topological polar surface area (TPSA) is 19.9 Å². The second-order valence-corrected chi connectivity index (χ2v) is 2.89. The Morgan fingerprint density at radius 1 is 0.800 bits per heavy atom. The Bertz CT molecular complexity index is 49.2. The van der Waals surface area contributed by atoms with Crippen LogP contribution in [0.4, 0.5) is 0 Å². The summed E-state index contributed by atoms with van der Waals surface area (Å²) in [5, 5.41) is 10.00. The fourth-order valence-electron chi connectivity index (χ4n) is 0.904. The predicted octanol–water partition coefficient (Wildman–Crippen LogP) is 3.00. The number of halogens is 1. The van der Waals surface area contributed by atoms with Crippen LogP contribution in [0.2, 0.25) is 0 Å². The van der Waals surface area contributed by atoms with Gasteiger partial charge in [-0.2, -0.15) is 0 Å². The van der Waals surface area contributed by atoms with Crippen molar-refractivity contribution in [1.82, 2.24) is 0 Å². The van der Waals surface area contributed by atoms with Crippen molar-refractivity contribution in [3.05, 3.63) is 0 Å². The first-order valence-electron chi connectivity index (χ1n) is 4.06. The smallest absolute Gasteiger partial charge is 0.0822 e. The second kappa shape index (κ2) is 9.25. The van der Waals surface area contributed by atoms with Crippen LogP contribution in [0.5, 0.6) is 0 Å². The van der Waals surface area contributed by atoms with Crippen LogP contribution in [-0.2, 0) is 5.11 Å². The van der Waals surface area contributed by atoms with Crippen molar-refractivity contribution in [3.8, 4) is 0 Å². The molecule has 0 aliphatic rings. The van der Waals surface area contributed by atoms with Crippen LogP contribution in [0.1, 0.15) is 38.5 Å². The Morgan fingerprint density at radius 3 is 1.80 bits per heavy atom. The molecule has 1 nitrogen and oxygen atoms in total. The molecule has 0 amide bonds. The highest BCUT2D eigenvalue weighted by atomic mass is 35.5. The number of rotatable bonds is 7. The molecule has 0 saturated heterocycles. The zero-order valence-electron chi connectivity index (χ0n) is 6.44. The number of alkyl halides is 1. The minimum atomic E-state index is 0.0928. The van der Waals surface area contributed by atoms with Crippen LogP contribution >= 0.6 is 11.6 Å². The largest absolute Gasteiger partial charge is 0.237 e. The minimum absolute atomic E-state index is 0.0928. The van der Waals surface area contributed by atoms with E-state index in [-0.39, 0.29) is 6.61 Å². The molecule has 0 bridgehead atoms. The molecule has 0 aliphatic heterocycles. The molecule has 61 valence electrons. The van der Waals surface area contributed by atoms with Crippen molar-refractivity contribution >= 4 is 11.6 Å². The molecule has 0 fully saturated rings. The summed E-state index contributed by atoms with van der Waals surface area (Å²) in [6.07, 6.45) is 6.75. The molecule has 0 unspecified atom stereocenters. The van der Waals surface area contributed by atoms with Gasteiger partial charge in [0.05, 0.1) is 6.61 Å². The predicted molar refractivity (Wildman–Crippen MR) is 44.0 cm³/mol. The Balaban J connectivity index is 2.65. The van der Waals surface area contributed by atoms with Crippen LogP contribution in [0.25, 0.3) is 0 Å². The monoisotopic (exact) mass is 163 g/mol. The standard InChI is InChI=1S/C8H16ClO/c9-7-5-3-1-2-4-6-8-10/h1-8H2. The summed E-state index contributed by atoms with van der Waals surface area (Å²) >= 11 is 5.49. The van der Waals surface area contributed by atoms with Crippen molar-refractivity contribution in [2.45, 2.75) is 38.5 Å². The van der Waals surface area contributed by atoms with E-state index in [1.54, 1.807) is 0 Å². The first-order valence-corrected chi connectivity index (χ1v) is 4.59. The highest BCUT2D eigenvalue weighted by Crippen LogP contribution is 2.05. The van der Waals surface area contributed by atoms with E-state index in [1.165, 1.54) is 19.3 Å². The highest BCUT2D eigenvalue weighted by molar-refractivity contribution is 6.17. The van der Waals surface area contributed by atoms with Crippen LogP contribution in [-0.4, -0.2) is 12.5 Å². The van der Waals surface area contributed by atoms with E-state index in [1.807, 2.05) is 0 Å². The summed E-state index contributed by atoms with van der Waals surface area (Å²) < 4.78 is 0. The minimum Gasteiger partial charge on any atom is -0.237 e. The van der Waals surface area contributed by atoms with Gasteiger partial charge in [-0.05, 0) is 12.8 Å². The van der Waals surface area contributed by atoms with Crippen LogP contribution < -0.4 is 0 Å². The Labute approximate surface area is 68.4 Å². The summed E-state index contributed by atoms with van der Waals surface area (Å²) in [4.78, 5) is 0. The maximum absolute atomic E-state index is 10.00. The highest BCUT2D eigenvalue weighted by Gasteiger charge is 1.88. The molecule has 0 aromatic rings. The molecule has 0 aliphatic carbocycles. The van der Waals surface area contributed by atoms with Gasteiger partial charge >= 0.3 is 0 Å². The van der Waals surface area contributed by atoms with E-state index in [4.69, 9.17) is 11.6 Å². The molecule has 0 heterocycles. The lowest BCUT2D eigenvalue weighted by molar-refractivity contribution is 0.186. The summed E-state index contributed by atoms with van der Waals surface area (Å²) in [6.45, 7) is 0.0928. The first-order chi connectivity index (χ1) is 4.91. The lowest BCUT2D eigenvalue weighted by Crippen LogP contribution is -1.82. The van der Waals surface area contributed by atoms with Gasteiger partial charge in [0, 0.05) is 5.88 Å². The maximum atomic E-state index is 10.00. The van der Waals surface area contributed by atoms with Crippen molar-refractivity contribution < 1.29 is 5.11 Å².